The molecule has 2 aromatic heterocycles. The van der Waals surface area contributed by atoms with Crippen LogP contribution in [0.4, 0.5) is 0 Å². The van der Waals surface area contributed by atoms with Gasteiger partial charge in [0.25, 0.3) is 5.56 Å². The van der Waals surface area contributed by atoms with Crippen molar-refractivity contribution in [3.63, 3.8) is 0 Å². The van der Waals surface area contributed by atoms with Gasteiger partial charge >= 0.3 is 0 Å². The number of fused-ring (bicyclic) bond motifs is 1. The Bertz CT molecular complexity index is 692. The van der Waals surface area contributed by atoms with Crippen molar-refractivity contribution in [2.24, 2.45) is 0 Å². The molecular weight excluding hydrogens is 260 g/mol. The molecule has 0 atom stereocenters. The number of aromatic nitrogens is 2. The number of hydrogen-bond acceptors (Lipinski definition) is 5. The highest BCUT2D eigenvalue weighted by molar-refractivity contribution is 5.37. The fourth-order valence-electron chi connectivity index (χ4n) is 2.28. The Labute approximate surface area is 115 Å². The van der Waals surface area contributed by atoms with E-state index in [2.05, 4.69) is 4.98 Å². The van der Waals surface area contributed by atoms with Gasteiger partial charge in [0.05, 0.1) is 32.6 Å². The first-order valence-corrected chi connectivity index (χ1v) is 6.20. The SMILES string of the molecule is COc1ccc(Cn2c3c(c(O)cc2=O)COC3)cn1. The van der Waals surface area contributed by atoms with Crippen molar-refractivity contribution in [3.05, 3.63) is 51.6 Å². The van der Waals surface area contributed by atoms with Gasteiger partial charge < -0.3 is 19.1 Å². The molecule has 0 bridgehead atoms. The highest BCUT2D eigenvalue weighted by Crippen LogP contribution is 2.26. The Morgan fingerprint density at radius 1 is 1.45 bits per heavy atom. The summed E-state index contributed by atoms with van der Waals surface area (Å²) in [4.78, 5) is 16.1. The van der Waals surface area contributed by atoms with Gasteiger partial charge in [-0.1, -0.05) is 6.07 Å². The maximum absolute atomic E-state index is 12.0. The second kappa shape index (κ2) is 4.97. The third-order valence-electron chi connectivity index (χ3n) is 3.34. The monoisotopic (exact) mass is 274 g/mol. The average molecular weight is 274 g/mol. The zero-order valence-corrected chi connectivity index (χ0v) is 11.0. The third-order valence-corrected chi connectivity index (χ3v) is 3.34. The molecule has 0 aliphatic carbocycles. The topological polar surface area (TPSA) is 73.6 Å². The van der Waals surface area contributed by atoms with Crippen LogP contribution in [0.25, 0.3) is 0 Å². The molecule has 6 nitrogen and oxygen atoms in total. The van der Waals surface area contributed by atoms with E-state index in [1.807, 2.05) is 6.07 Å². The molecule has 1 N–H and O–H groups in total. The van der Waals surface area contributed by atoms with Crippen LogP contribution in [-0.4, -0.2) is 21.8 Å². The second-order valence-corrected chi connectivity index (χ2v) is 4.58. The van der Waals surface area contributed by atoms with E-state index in [1.54, 1.807) is 23.9 Å². The summed E-state index contributed by atoms with van der Waals surface area (Å²) in [5.41, 5.74) is 2.05. The Balaban J connectivity index is 1.98. The molecule has 0 amide bonds. The minimum Gasteiger partial charge on any atom is -0.507 e. The normalized spacial score (nSPS) is 13.2. The number of nitrogens with zero attached hydrogens (tertiary/aromatic N) is 2. The van der Waals surface area contributed by atoms with Crippen molar-refractivity contribution in [1.29, 1.82) is 0 Å². The lowest BCUT2D eigenvalue weighted by molar-refractivity contribution is 0.131. The molecule has 0 saturated carbocycles. The fourth-order valence-corrected chi connectivity index (χ4v) is 2.28. The Morgan fingerprint density at radius 3 is 3.00 bits per heavy atom. The van der Waals surface area contributed by atoms with Crippen LogP contribution in [0.5, 0.6) is 11.6 Å². The molecule has 0 radical (unpaired) electrons. The van der Waals surface area contributed by atoms with Crippen LogP contribution in [0.1, 0.15) is 16.8 Å². The lowest BCUT2D eigenvalue weighted by atomic mass is 10.2. The fraction of sp³-hybridized carbons (Fsp3) is 0.286. The summed E-state index contributed by atoms with van der Waals surface area (Å²) >= 11 is 0. The van der Waals surface area contributed by atoms with Crippen LogP contribution >= 0.6 is 0 Å². The van der Waals surface area contributed by atoms with Gasteiger partial charge in [-0.2, -0.15) is 0 Å². The molecular formula is C14H14N2O4. The second-order valence-electron chi connectivity index (χ2n) is 4.58. The van der Waals surface area contributed by atoms with Crippen molar-refractivity contribution in [2.45, 2.75) is 19.8 Å². The molecule has 3 heterocycles. The van der Waals surface area contributed by atoms with Crippen molar-refractivity contribution in [1.82, 2.24) is 9.55 Å². The van der Waals surface area contributed by atoms with E-state index >= 15 is 0 Å². The van der Waals surface area contributed by atoms with E-state index in [9.17, 15) is 9.90 Å². The van der Waals surface area contributed by atoms with Gasteiger partial charge in [0.2, 0.25) is 5.88 Å². The van der Waals surface area contributed by atoms with Gasteiger partial charge in [-0.25, -0.2) is 4.98 Å². The van der Waals surface area contributed by atoms with Crippen LogP contribution in [0, 0.1) is 0 Å². The predicted molar refractivity (Wildman–Crippen MR) is 70.8 cm³/mol. The molecule has 20 heavy (non-hydrogen) atoms. The van der Waals surface area contributed by atoms with E-state index in [1.165, 1.54) is 6.07 Å². The first-order chi connectivity index (χ1) is 9.69. The summed E-state index contributed by atoms with van der Waals surface area (Å²) in [6.45, 7) is 1.06. The van der Waals surface area contributed by atoms with Crippen molar-refractivity contribution in [2.75, 3.05) is 7.11 Å². The zero-order valence-electron chi connectivity index (χ0n) is 11.0. The maximum Gasteiger partial charge on any atom is 0.254 e. The Kier molecular flexibility index (Phi) is 3.15. The van der Waals surface area contributed by atoms with Gasteiger partial charge in [0.1, 0.15) is 5.75 Å². The molecule has 0 fully saturated rings. The van der Waals surface area contributed by atoms with E-state index in [-0.39, 0.29) is 11.3 Å². The van der Waals surface area contributed by atoms with Crippen LogP contribution in [-0.2, 0) is 24.5 Å². The van der Waals surface area contributed by atoms with Crippen molar-refractivity contribution in [3.8, 4) is 11.6 Å². The summed E-state index contributed by atoms with van der Waals surface area (Å²) < 4.78 is 11.9. The number of methoxy groups -OCH3 is 1. The highest BCUT2D eigenvalue weighted by atomic mass is 16.5. The van der Waals surface area contributed by atoms with Gasteiger partial charge in [-0.15, -0.1) is 0 Å². The largest absolute Gasteiger partial charge is 0.507 e. The lowest BCUT2D eigenvalue weighted by Crippen LogP contribution is -2.23. The van der Waals surface area contributed by atoms with Gasteiger partial charge in [-0.3, -0.25) is 4.79 Å². The quantitative estimate of drug-likeness (QED) is 0.905. The zero-order chi connectivity index (χ0) is 14.1. The standard InChI is InChI=1S/C14H14N2O4/c1-19-13-3-2-9(5-15-13)6-16-11-8-20-7-10(11)12(17)4-14(16)18/h2-5,17H,6-8H2,1H3. The van der Waals surface area contributed by atoms with E-state index in [0.29, 0.717) is 31.2 Å². The predicted octanol–water partition coefficient (Wildman–Crippen LogP) is 1.04. The van der Waals surface area contributed by atoms with Crippen LogP contribution in [0.2, 0.25) is 0 Å². The first kappa shape index (κ1) is 12.7. The number of pyridine rings is 2. The minimum absolute atomic E-state index is 0.00612. The number of rotatable bonds is 3. The molecule has 104 valence electrons. The van der Waals surface area contributed by atoms with E-state index < -0.39 is 0 Å². The van der Waals surface area contributed by atoms with Crippen molar-refractivity contribution < 1.29 is 14.6 Å². The molecule has 3 rings (SSSR count). The average Bonchev–Trinajstić information content (AvgIpc) is 2.94. The summed E-state index contributed by atoms with van der Waals surface area (Å²) in [6, 6.07) is 4.83. The first-order valence-electron chi connectivity index (χ1n) is 6.20. The molecule has 2 aromatic rings. The van der Waals surface area contributed by atoms with Crippen LogP contribution in [0.3, 0.4) is 0 Å². The summed E-state index contributed by atoms with van der Waals surface area (Å²) in [5, 5.41) is 9.75. The van der Waals surface area contributed by atoms with Crippen molar-refractivity contribution >= 4 is 0 Å². The summed E-state index contributed by atoms with van der Waals surface area (Å²) in [7, 11) is 1.55. The van der Waals surface area contributed by atoms with E-state index in [4.69, 9.17) is 9.47 Å². The highest BCUT2D eigenvalue weighted by Gasteiger charge is 2.20. The smallest absolute Gasteiger partial charge is 0.254 e. The molecule has 1 aliphatic heterocycles. The van der Waals surface area contributed by atoms with Crippen LogP contribution in [0.15, 0.2) is 29.2 Å². The Hall–Kier alpha value is -2.34. The van der Waals surface area contributed by atoms with Crippen LogP contribution < -0.4 is 10.3 Å². The number of aromatic hydroxyl groups is 1. The minimum atomic E-state index is -0.248. The lowest BCUT2D eigenvalue weighted by Gasteiger charge is -2.12. The molecule has 0 spiro atoms. The maximum atomic E-state index is 12.0. The number of ether oxygens (including phenoxy) is 2. The molecule has 0 unspecified atom stereocenters. The number of hydrogen-bond donors (Lipinski definition) is 1. The van der Waals surface area contributed by atoms with Gasteiger partial charge in [-0.05, 0) is 5.56 Å². The molecule has 0 saturated heterocycles. The molecule has 6 heteroatoms. The van der Waals surface area contributed by atoms with Gasteiger partial charge in [0.15, 0.2) is 0 Å². The summed E-state index contributed by atoms with van der Waals surface area (Å²) in [5.74, 6) is 0.534. The Morgan fingerprint density at radius 2 is 2.30 bits per heavy atom. The molecule has 1 aliphatic rings. The van der Waals surface area contributed by atoms with E-state index in [0.717, 1.165) is 11.3 Å². The van der Waals surface area contributed by atoms with Gasteiger partial charge in [0, 0.05) is 23.9 Å². The molecule has 0 aromatic carbocycles. The summed E-state index contributed by atoms with van der Waals surface area (Å²) in [6.07, 6.45) is 1.67. The third kappa shape index (κ3) is 2.14.